The Balaban J connectivity index is 1.59. The van der Waals surface area contributed by atoms with Gasteiger partial charge in [0.05, 0.1) is 17.4 Å². The Kier molecular flexibility index (Phi) is 3.70. The highest BCUT2D eigenvalue weighted by Crippen LogP contribution is 2.37. The van der Waals surface area contributed by atoms with Crippen LogP contribution in [0, 0.1) is 0 Å². The number of rotatable bonds is 4. The summed E-state index contributed by atoms with van der Waals surface area (Å²) in [4.78, 5) is 16.6. The lowest BCUT2D eigenvalue weighted by Crippen LogP contribution is -2.34. The highest BCUT2D eigenvalue weighted by atomic mass is 32.1. The third kappa shape index (κ3) is 2.63. The van der Waals surface area contributed by atoms with Crippen molar-refractivity contribution in [3.05, 3.63) is 41.4 Å². The average Bonchev–Trinajstić information content (AvgIpc) is 3.35. The van der Waals surface area contributed by atoms with E-state index in [0.29, 0.717) is 22.3 Å². The topological polar surface area (TPSA) is 107 Å². The molecule has 1 fully saturated rings. The molecule has 3 N–H and O–H groups in total. The number of nitrogens with one attached hydrogen (secondary N) is 1. The van der Waals surface area contributed by atoms with E-state index in [4.69, 9.17) is 14.7 Å². The minimum absolute atomic E-state index is 0.243. The van der Waals surface area contributed by atoms with E-state index in [-0.39, 0.29) is 11.7 Å². The zero-order chi connectivity index (χ0) is 16.6. The predicted molar refractivity (Wildman–Crippen MR) is 88.6 cm³/mol. The lowest BCUT2D eigenvalue weighted by atomic mass is 9.99. The fourth-order valence-corrected chi connectivity index (χ4v) is 3.69. The number of nitrogens with two attached hydrogens (primary N) is 1. The smallest absolute Gasteiger partial charge is 0.291 e. The van der Waals surface area contributed by atoms with E-state index in [2.05, 4.69) is 15.5 Å². The molecule has 8 heteroatoms. The van der Waals surface area contributed by atoms with Crippen molar-refractivity contribution in [1.29, 1.82) is 0 Å². The number of hydrogen-bond donors (Lipinski definition) is 2. The molecule has 0 spiro atoms. The number of furan rings is 1. The first-order chi connectivity index (χ1) is 11.7. The van der Waals surface area contributed by atoms with Crippen molar-refractivity contribution in [3.8, 4) is 11.5 Å². The molecule has 3 heterocycles. The minimum Gasteiger partial charge on any atom is -0.459 e. The Labute approximate surface area is 141 Å². The van der Waals surface area contributed by atoms with Gasteiger partial charge >= 0.3 is 0 Å². The molecule has 4 rings (SSSR count). The molecule has 3 aromatic heterocycles. The molecular formula is C16H16N4O3S. The summed E-state index contributed by atoms with van der Waals surface area (Å²) in [6.45, 7) is 0. The molecule has 0 unspecified atom stereocenters. The SMILES string of the molecule is NC1(c2noc(-c3ccsc3NC(=O)c3ccco3)n2)CCCC1. The van der Waals surface area contributed by atoms with Gasteiger partial charge in [-0.3, -0.25) is 4.79 Å². The van der Waals surface area contributed by atoms with Gasteiger partial charge in [-0.25, -0.2) is 0 Å². The summed E-state index contributed by atoms with van der Waals surface area (Å²) in [7, 11) is 0. The van der Waals surface area contributed by atoms with Gasteiger partial charge in [-0.2, -0.15) is 4.98 Å². The summed E-state index contributed by atoms with van der Waals surface area (Å²) >= 11 is 1.38. The number of nitrogens with zero attached hydrogens (tertiary/aromatic N) is 2. The standard InChI is InChI=1S/C16H16N4O3S/c17-16(6-1-2-7-16)15-19-13(23-20-15)10-5-9-24-14(10)18-12(21)11-4-3-8-22-11/h3-5,8-9H,1-2,6-7,17H2,(H,18,21). The van der Waals surface area contributed by atoms with Crippen LogP contribution in [0.1, 0.15) is 42.1 Å². The minimum atomic E-state index is -0.505. The average molecular weight is 344 g/mol. The van der Waals surface area contributed by atoms with Crippen molar-refractivity contribution in [3.63, 3.8) is 0 Å². The van der Waals surface area contributed by atoms with Gasteiger partial charge < -0.3 is 20.0 Å². The maximum absolute atomic E-state index is 12.1. The van der Waals surface area contributed by atoms with E-state index in [1.807, 2.05) is 11.4 Å². The molecule has 7 nitrogen and oxygen atoms in total. The zero-order valence-corrected chi connectivity index (χ0v) is 13.6. The predicted octanol–water partition coefficient (Wildman–Crippen LogP) is 3.37. The van der Waals surface area contributed by atoms with Gasteiger partial charge in [0.2, 0.25) is 0 Å². The van der Waals surface area contributed by atoms with Crippen LogP contribution in [0.15, 0.2) is 38.8 Å². The van der Waals surface area contributed by atoms with Gasteiger partial charge in [0.25, 0.3) is 11.8 Å². The molecule has 24 heavy (non-hydrogen) atoms. The van der Waals surface area contributed by atoms with Gasteiger partial charge in [0, 0.05) is 0 Å². The molecule has 1 aliphatic rings. The Morgan fingerprint density at radius 3 is 2.92 bits per heavy atom. The van der Waals surface area contributed by atoms with Crippen LogP contribution in [0.5, 0.6) is 0 Å². The summed E-state index contributed by atoms with van der Waals surface area (Å²) in [5.41, 5.74) is 6.54. The summed E-state index contributed by atoms with van der Waals surface area (Å²) in [6, 6.07) is 5.10. The molecule has 1 aliphatic carbocycles. The first kappa shape index (κ1) is 15.1. The Morgan fingerprint density at radius 1 is 1.33 bits per heavy atom. The van der Waals surface area contributed by atoms with Gasteiger partial charge in [0.15, 0.2) is 11.6 Å². The van der Waals surface area contributed by atoms with Crippen molar-refractivity contribution in [1.82, 2.24) is 10.1 Å². The van der Waals surface area contributed by atoms with Gasteiger partial charge in [-0.1, -0.05) is 18.0 Å². The molecule has 0 aliphatic heterocycles. The molecule has 3 aromatic rings. The monoisotopic (exact) mass is 344 g/mol. The third-order valence-corrected chi connectivity index (χ3v) is 5.06. The van der Waals surface area contributed by atoms with Crippen molar-refractivity contribution in [2.75, 3.05) is 5.32 Å². The summed E-state index contributed by atoms with van der Waals surface area (Å²) in [5.74, 6) is 0.809. The molecule has 124 valence electrons. The summed E-state index contributed by atoms with van der Waals surface area (Å²) in [5, 5.41) is 9.35. The number of anilines is 1. The van der Waals surface area contributed by atoms with Crippen LogP contribution in [0.3, 0.4) is 0 Å². The largest absolute Gasteiger partial charge is 0.459 e. The quantitative estimate of drug-likeness (QED) is 0.751. The molecule has 0 aromatic carbocycles. The van der Waals surface area contributed by atoms with Crippen LogP contribution in [0.4, 0.5) is 5.00 Å². The normalized spacial score (nSPS) is 16.4. The van der Waals surface area contributed by atoms with Gasteiger partial charge in [-0.15, -0.1) is 11.3 Å². The van der Waals surface area contributed by atoms with Crippen molar-refractivity contribution in [2.45, 2.75) is 31.2 Å². The molecule has 0 atom stereocenters. The zero-order valence-electron chi connectivity index (χ0n) is 12.8. The van der Waals surface area contributed by atoms with Crippen LogP contribution in [0.25, 0.3) is 11.5 Å². The van der Waals surface area contributed by atoms with E-state index in [0.717, 1.165) is 25.7 Å². The van der Waals surface area contributed by atoms with Crippen LogP contribution in [0.2, 0.25) is 0 Å². The number of carbonyl (C=O) groups excluding carboxylic acids is 1. The molecule has 1 saturated carbocycles. The number of aromatic nitrogens is 2. The second-order valence-corrected chi connectivity index (χ2v) is 6.80. The Morgan fingerprint density at radius 2 is 2.17 bits per heavy atom. The maximum Gasteiger partial charge on any atom is 0.291 e. The van der Waals surface area contributed by atoms with E-state index in [1.54, 1.807) is 12.1 Å². The molecule has 1 amide bonds. The third-order valence-electron chi connectivity index (χ3n) is 4.23. The van der Waals surface area contributed by atoms with Crippen molar-refractivity contribution in [2.24, 2.45) is 5.73 Å². The number of hydrogen-bond acceptors (Lipinski definition) is 7. The lowest BCUT2D eigenvalue weighted by Gasteiger charge is -2.17. The molecular weight excluding hydrogens is 328 g/mol. The molecule has 0 bridgehead atoms. The highest BCUT2D eigenvalue weighted by molar-refractivity contribution is 7.15. The first-order valence-corrected chi connectivity index (χ1v) is 8.59. The Hall–Kier alpha value is -2.45. The van der Waals surface area contributed by atoms with E-state index < -0.39 is 5.54 Å². The number of amides is 1. The first-order valence-electron chi connectivity index (χ1n) is 7.71. The van der Waals surface area contributed by atoms with Crippen LogP contribution >= 0.6 is 11.3 Å². The highest BCUT2D eigenvalue weighted by Gasteiger charge is 2.36. The lowest BCUT2D eigenvalue weighted by molar-refractivity contribution is 0.0997. The van der Waals surface area contributed by atoms with Crippen LogP contribution < -0.4 is 11.1 Å². The number of thiophene rings is 1. The fourth-order valence-electron chi connectivity index (χ4n) is 2.91. The maximum atomic E-state index is 12.1. The van der Waals surface area contributed by atoms with Crippen LogP contribution in [-0.2, 0) is 5.54 Å². The van der Waals surface area contributed by atoms with Crippen molar-refractivity contribution < 1.29 is 13.7 Å². The van der Waals surface area contributed by atoms with E-state index in [9.17, 15) is 4.79 Å². The molecule has 0 saturated heterocycles. The van der Waals surface area contributed by atoms with Crippen molar-refractivity contribution >= 4 is 22.2 Å². The fraction of sp³-hybridized carbons (Fsp3) is 0.312. The summed E-state index contributed by atoms with van der Waals surface area (Å²) in [6.07, 6.45) is 5.32. The molecule has 0 radical (unpaired) electrons. The van der Waals surface area contributed by atoms with Gasteiger partial charge in [-0.05, 0) is 36.4 Å². The van der Waals surface area contributed by atoms with E-state index in [1.165, 1.54) is 17.6 Å². The van der Waals surface area contributed by atoms with Gasteiger partial charge in [0.1, 0.15) is 5.00 Å². The number of carbonyl (C=O) groups is 1. The Bertz CT molecular complexity index is 846. The second kappa shape index (κ2) is 5.88. The second-order valence-electron chi connectivity index (χ2n) is 5.88. The van der Waals surface area contributed by atoms with Crippen LogP contribution in [-0.4, -0.2) is 16.0 Å². The van der Waals surface area contributed by atoms with E-state index >= 15 is 0 Å². The summed E-state index contributed by atoms with van der Waals surface area (Å²) < 4.78 is 10.5.